The molecule has 26 heavy (non-hydrogen) atoms. The molecule has 0 amide bonds. The number of rotatable bonds is 6. The number of nitrogens with zero attached hydrogens (tertiary/aromatic N) is 4. The van der Waals surface area contributed by atoms with Crippen LogP contribution >= 0.6 is 0 Å². The van der Waals surface area contributed by atoms with Crippen LogP contribution in [0.5, 0.6) is 0 Å². The molecule has 6 nitrogen and oxygen atoms in total. The molecule has 1 aromatic heterocycles. The summed E-state index contributed by atoms with van der Waals surface area (Å²) in [5, 5.41) is 6.91. The van der Waals surface area contributed by atoms with Gasteiger partial charge in [-0.25, -0.2) is 9.37 Å². The summed E-state index contributed by atoms with van der Waals surface area (Å²) in [6, 6.07) is 3.34. The number of guanidine groups is 1. The molecule has 2 atom stereocenters. The SMILES string of the molecule is CN=C(NCC(C)CN1CCCC1)NC1CCN(c2ncccc2F)C1. The lowest BCUT2D eigenvalue weighted by molar-refractivity contribution is 0.287. The molecule has 0 saturated carbocycles. The van der Waals surface area contributed by atoms with Crippen LogP contribution in [0.15, 0.2) is 23.3 Å². The lowest BCUT2D eigenvalue weighted by Crippen LogP contribution is -2.46. The van der Waals surface area contributed by atoms with Crippen LogP contribution in [-0.2, 0) is 0 Å². The number of anilines is 1. The van der Waals surface area contributed by atoms with E-state index in [0.717, 1.165) is 38.6 Å². The van der Waals surface area contributed by atoms with Crippen molar-refractivity contribution in [3.05, 3.63) is 24.1 Å². The molecule has 0 radical (unpaired) electrons. The van der Waals surface area contributed by atoms with Gasteiger partial charge >= 0.3 is 0 Å². The molecule has 2 aliphatic heterocycles. The average molecular weight is 362 g/mol. The van der Waals surface area contributed by atoms with Crippen LogP contribution in [0.1, 0.15) is 26.2 Å². The standard InChI is InChI=1S/C19H31FN6/c1-15(13-25-9-3-4-10-25)12-23-19(21-2)24-16-7-11-26(14-16)18-17(20)6-5-8-22-18/h5-6,8,15-16H,3-4,7,9-14H2,1-2H3,(H2,21,23,24). The van der Waals surface area contributed by atoms with E-state index >= 15 is 0 Å². The zero-order valence-electron chi connectivity index (χ0n) is 15.9. The zero-order valence-corrected chi connectivity index (χ0v) is 15.9. The van der Waals surface area contributed by atoms with Crippen molar-refractivity contribution in [1.82, 2.24) is 20.5 Å². The molecule has 2 N–H and O–H groups in total. The first-order valence-corrected chi connectivity index (χ1v) is 9.70. The maximum absolute atomic E-state index is 13.9. The molecular weight excluding hydrogens is 331 g/mol. The van der Waals surface area contributed by atoms with E-state index in [1.54, 1.807) is 19.3 Å². The van der Waals surface area contributed by atoms with Crippen LogP contribution in [0, 0.1) is 11.7 Å². The molecule has 3 rings (SSSR count). The Morgan fingerprint density at radius 3 is 2.92 bits per heavy atom. The number of hydrogen-bond acceptors (Lipinski definition) is 4. The van der Waals surface area contributed by atoms with Crippen LogP contribution in [0.3, 0.4) is 0 Å². The second kappa shape index (κ2) is 9.16. The molecule has 7 heteroatoms. The maximum Gasteiger partial charge on any atom is 0.191 e. The molecular formula is C19H31FN6. The van der Waals surface area contributed by atoms with Gasteiger partial charge in [0, 0.05) is 45.5 Å². The summed E-state index contributed by atoms with van der Waals surface area (Å²) in [7, 11) is 1.80. The molecule has 0 bridgehead atoms. The van der Waals surface area contributed by atoms with E-state index in [-0.39, 0.29) is 11.9 Å². The quantitative estimate of drug-likeness (QED) is 0.596. The first-order chi connectivity index (χ1) is 12.7. The average Bonchev–Trinajstić information content (AvgIpc) is 3.31. The van der Waals surface area contributed by atoms with Gasteiger partial charge in [-0.1, -0.05) is 6.92 Å². The molecule has 2 aliphatic rings. The molecule has 144 valence electrons. The topological polar surface area (TPSA) is 55.8 Å². The summed E-state index contributed by atoms with van der Waals surface area (Å²) < 4.78 is 13.9. The van der Waals surface area contributed by atoms with Crippen molar-refractivity contribution in [1.29, 1.82) is 0 Å². The van der Waals surface area contributed by atoms with E-state index in [1.807, 2.05) is 4.90 Å². The Kier molecular flexibility index (Phi) is 6.66. The fraction of sp³-hybridized carbons (Fsp3) is 0.684. The largest absolute Gasteiger partial charge is 0.356 e. The van der Waals surface area contributed by atoms with Crippen molar-refractivity contribution in [2.45, 2.75) is 32.2 Å². The lowest BCUT2D eigenvalue weighted by Gasteiger charge is -2.23. The number of halogens is 1. The van der Waals surface area contributed by atoms with Crippen molar-refractivity contribution >= 4 is 11.8 Å². The molecule has 0 aromatic carbocycles. The van der Waals surface area contributed by atoms with Crippen LogP contribution < -0.4 is 15.5 Å². The summed E-state index contributed by atoms with van der Waals surface area (Å²) in [5.41, 5.74) is 0. The molecule has 0 spiro atoms. The van der Waals surface area contributed by atoms with Gasteiger partial charge in [0.1, 0.15) is 0 Å². The number of nitrogens with one attached hydrogen (secondary N) is 2. The van der Waals surface area contributed by atoms with Crippen molar-refractivity contribution in [2.75, 3.05) is 51.2 Å². The van der Waals surface area contributed by atoms with E-state index in [2.05, 4.69) is 32.4 Å². The molecule has 2 unspecified atom stereocenters. The van der Waals surface area contributed by atoms with Gasteiger partial charge in [-0.2, -0.15) is 0 Å². The van der Waals surface area contributed by atoms with E-state index < -0.39 is 0 Å². The van der Waals surface area contributed by atoms with Gasteiger partial charge in [0.15, 0.2) is 17.6 Å². The molecule has 1 aromatic rings. The Morgan fingerprint density at radius 2 is 2.19 bits per heavy atom. The Balaban J connectivity index is 1.43. The Bertz CT molecular complexity index is 601. The van der Waals surface area contributed by atoms with Crippen LogP contribution in [0.4, 0.5) is 10.2 Å². The minimum Gasteiger partial charge on any atom is -0.356 e. The highest BCUT2D eigenvalue weighted by molar-refractivity contribution is 5.80. The van der Waals surface area contributed by atoms with Gasteiger partial charge in [0.2, 0.25) is 0 Å². The van der Waals surface area contributed by atoms with Gasteiger partial charge in [-0.15, -0.1) is 0 Å². The third-order valence-electron chi connectivity index (χ3n) is 5.18. The van der Waals surface area contributed by atoms with E-state index in [4.69, 9.17) is 0 Å². The zero-order chi connectivity index (χ0) is 18.4. The summed E-state index contributed by atoms with van der Waals surface area (Å²) >= 11 is 0. The monoisotopic (exact) mass is 362 g/mol. The van der Waals surface area contributed by atoms with Gasteiger partial charge in [0.05, 0.1) is 0 Å². The van der Waals surface area contributed by atoms with Crippen molar-refractivity contribution in [3.63, 3.8) is 0 Å². The highest BCUT2D eigenvalue weighted by Crippen LogP contribution is 2.20. The fourth-order valence-corrected chi connectivity index (χ4v) is 3.81. The number of pyridine rings is 1. The second-order valence-electron chi connectivity index (χ2n) is 7.45. The number of likely N-dealkylation sites (tertiary alicyclic amines) is 1. The summed E-state index contributed by atoms with van der Waals surface area (Å²) in [5.74, 6) is 1.59. The lowest BCUT2D eigenvalue weighted by atomic mass is 10.1. The first kappa shape index (κ1) is 18.9. The van der Waals surface area contributed by atoms with Crippen LogP contribution in [0.25, 0.3) is 0 Å². The van der Waals surface area contributed by atoms with Gasteiger partial charge < -0.3 is 20.4 Å². The minimum atomic E-state index is -0.258. The normalized spacial score (nSPS) is 22.7. The maximum atomic E-state index is 13.9. The van der Waals surface area contributed by atoms with Gasteiger partial charge in [-0.05, 0) is 50.4 Å². The molecule has 0 aliphatic carbocycles. The van der Waals surface area contributed by atoms with Gasteiger partial charge in [-0.3, -0.25) is 4.99 Å². The summed E-state index contributed by atoms with van der Waals surface area (Å²) in [6.45, 7) is 8.33. The van der Waals surface area contributed by atoms with Gasteiger partial charge in [0.25, 0.3) is 0 Å². The highest BCUT2D eigenvalue weighted by atomic mass is 19.1. The number of aliphatic imine (C=N–C) groups is 1. The second-order valence-corrected chi connectivity index (χ2v) is 7.45. The van der Waals surface area contributed by atoms with E-state index in [0.29, 0.717) is 11.7 Å². The molecule has 2 saturated heterocycles. The van der Waals surface area contributed by atoms with Crippen molar-refractivity contribution in [3.8, 4) is 0 Å². The van der Waals surface area contributed by atoms with E-state index in [9.17, 15) is 4.39 Å². The van der Waals surface area contributed by atoms with Crippen LogP contribution in [0.2, 0.25) is 0 Å². The predicted octanol–water partition coefficient (Wildman–Crippen LogP) is 1.70. The summed E-state index contributed by atoms with van der Waals surface area (Å²) in [6.07, 6.45) is 5.25. The smallest absolute Gasteiger partial charge is 0.191 e. The fourth-order valence-electron chi connectivity index (χ4n) is 3.81. The summed E-state index contributed by atoms with van der Waals surface area (Å²) in [4.78, 5) is 13.1. The minimum absolute atomic E-state index is 0.247. The number of hydrogen-bond donors (Lipinski definition) is 2. The predicted molar refractivity (Wildman–Crippen MR) is 104 cm³/mol. The third kappa shape index (κ3) is 5.06. The Morgan fingerprint density at radius 1 is 1.38 bits per heavy atom. The van der Waals surface area contributed by atoms with Crippen molar-refractivity contribution in [2.24, 2.45) is 10.9 Å². The number of aromatic nitrogens is 1. The highest BCUT2D eigenvalue weighted by Gasteiger charge is 2.26. The van der Waals surface area contributed by atoms with E-state index in [1.165, 1.54) is 32.0 Å². The Labute approximate surface area is 155 Å². The molecule has 3 heterocycles. The Hall–Kier alpha value is -1.89. The third-order valence-corrected chi connectivity index (χ3v) is 5.18. The first-order valence-electron chi connectivity index (χ1n) is 9.70. The van der Waals surface area contributed by atoms with Crippen LogP contribution in [-0.4, -0.2) is 68.2 Å². The molecule has 2 fully saturated rings. The van der Waals surface area contributed by atoms with Crippen molar-refractivity contribution < 1.29 is 4.39 Å².